The minimum atomic E-state index is -0.785. The van der Waals surface area contributed by atoms with E-state index in [9.17, 15) is 9.50 Å². The number of hydrogen-bond donors (Lipinski definition) is 1. The van der Waals surface area contributed by atoms with Crippen molar-refractivity contribution in [3.8, 4) is 0 Å². The molecule has 0 saturated carbocycles. The number of benzene rings is 1. The second kappa shape index (κ2) is 4.38. The van der Waals surface area contributed by atoms with Crippen LogP contribution in [0.4, 0.5) is 4.39 Å². The van der Waals surface area contributed by atoms with Crippen LogP contribution < -0.4 is 0 Å². The second-order valence-corrected chi connectivity index (χ2v) is 3.70. The maximum atomic E-state index is 13.3. The van der Waals surface area contributed by atoms with Gasteiger partial charge in [0.2, 0.25) is 0 Å². The third-order valence-corrected chi connectivity index (χ3v) is 2.05. The molecule has 1 nitrogen and oxygen atoms in total. The third kappa shape index (κ3) is 2.67. The highest BCUT2D eigenvalue weighted by Crippen LogP contribution is 2.23. The second-order valence-electron chi connectivity index (χ2n) is 3.70. The van der Waals surface area contributed by atoms with Gasteiger partial charge in [-0.05, 0) is 26.3 Å². The smallest absolute Gasteiger partial charge is 0.129 e. The zero-order valence-corrected chi connectivity index (χ0v) is 8.55. The molecule has 0 spiro atoms. The van der Waals surface area contributed by atoms with Crippen molar-refractivity contribution >= 4 is 0 Å². The molecular weight excluding hydrogens is 179 g/mol. The summed E-state index contributed by atoms with van der Waals surface area (Å²) in [7, 11) is 0. The lowest BCUT2D eigenvalue weighted by atomic mass is 10.0. The van der Waals surface area contributed by atoms with Gasteiger partial charge in [0, 0.05) is 5.56 Å². The maximum Gasteiger partial charge on any atom is 0.129 e. The maximum absolute atomic E-state index is 13.3. The van der Waals surface area contributed by atoms with Crippen LogP contribution in [-0.2, 0) is 0 Å². The first-order valence-corrected chi connectivity index (χ1v) is 4.59. The molecule has 0 aliphatic rings. The zero-order valence-electron chi connectivity index (χ0n) is 8.55. The number of rotatable bonds is 3. The van der Waals surface area contributed by atoms with Crippen molar-refractivity contribution in [2.24, 2.45) is 0 Å². The molecule has 76 valence electrons. The molecule has 14 heavy (non-hydrogen) atoms. The van der Waals surface area contributed by atoms with Crippen LogP contribution in [0.1, 0.15) is 30.6 Å². The number of aryl methyl sites for hydroxylation is 1. The van der Waals surface area contributed by atoms with Gasteiger partial charge in [-0.2, -0.15) is 0 Å². The Morgan fingerprint density at radius 3 is 2.79 bits per heavy atom. The first-order valence-electron chi connectivity index (χ1n) is 4.59. The van der Waals surface area contributed by atoms with Crippen molar-refractivity contribution in [3.05, 3.63) is 47.3 Å². The van der Waals surface area contributed by atoms with E-state index < -0.39 is 6.10 Å². The van der Waals surface area contributed by atoms with Gasteiger partial charge >= 0.3 is 0 Å². The van der Waals surface area contributed by atoms with Gasteiger partial charge in [-0.15, -0.1) is 6.58 Å². The van der Waals surface area contributed by atoms with Crippen molar-refractivity contribution < 1.29 is 9.50 Å². The summed E-state index contributed by atoms with van der Waals surface area (Å²) in [6, 6.07) is 4.74. The average molecular weight is 194 g/mol. The summed E-state index contributed by atoms with van der Waals surface area (Å²) in [6.45, 7) is 7.38. The van der Waals surface area contributed by atoms with E-state index in [1.54, 1.807) is 12.1 Å². The highest BCUT2D eigenvalue weighted by atomic mass is 19.1. The van der Waals surface area contributed by atoms with E-state index in [0.717, 1.165) is 11.1 Å². The molecule has 0 fully saturated rings. The summed E-state index contributed by atoms with van der Waals surface area (Å²) in [6.07, 6.45) is -0.382. The lowest BCUT2D eigenvalue weighted by Gasteiger charge is -2.12. The SMILES string of the molecule is C=C(C)CC(O)c1cc(C)ccc1F. The molecule has 0 amide bonds. The van der Waals surface area contributed by atoms with Gasteiger partial charge in [0.1, 0.15) is 5.82 Å². The molecule has 1 unspecified atom stereocenters. The van der Waals surface area contributed by atoms with E-state index in [4.69, 9.17) is 0 Å². The first kappa shape index (κ1) is 10.9. The Morgan fingerprint density at radius 1 is 1.57 bits per heavy atom. The van der Waals surface area contributed by atoms with E-state index in [2.05, 4.69) is 6.58 Å². The summed E-state index contributed by atoms with van der Waals surface area (Å²) in [5, 5.41) is 9.70. The van der Waals surface area contributed by atoms with Crippen LogP contribution in [0.3, 0.4) is 0 Å². The minimum absolute atomic E-state index is 0.355. The van der Waals surface area contributed by atoms with Crippen molar-refractivity contribution in [1.82, 2.24) is 0 Å². The Morgan fingerprint density at radius 2 is 2.21 bits per heavy atom. The Hall–Kier alpha value is -1.15. The summed E-state index contributed by atoms with van der Waals surface area (Å²) >= 11 is 0. The molecule has 1 aromatic carbocycles. The fourth-order valence-electron chi connectivity index (χ4n) is 1.36. The van der Waals surface area contributed by atoms with E-state index in [-0.39, 0.29) is 5.82 Å². The number of hydrogen-bond acceptors (Lipinski definition) is 1. The summed E-state index contributed by atoms with van der Waals surface area (Å²) in [5.41, 5.74) is 2.15. The molecule has 2 heteroatoms. The first-order chi connectivity index (χ1) is 6.50. The summed E-state index contributed by atoms with van der Waals surface area (Å²) in [4.78, 5) is 0. The normalized spacial score (nSPS) is 12.6. The van der Waals surface area contributed by atoms with Crippen LogP contribution in [0.5, 0.6) is 0 Å². The number of halogens is 1. The average Bonchev–Trinajstić information content (AvgIpc) is 2.08. The Labute approximate surface area is 83.9 Å². The summed E-state index contributed by atoms with van der Waals surface area (Å²) in [5.74, 6) is -0.357. The van der Waals surface area contributed by atoms with Gasteiger partial charge in [0.15, 0.2) is 0 Å². The molecule has 1 atom stereocenters. The van der Waals surface area contributed by atoms with E-state index in [1.807, 2.05) is 13.8 Å². The third-order valence-electron chi connectivity index (χ3n) is 2.05. The number of aliphatic hydroxyl groups excluding tert-OH is 1. The molecule has 1 aromatic rings. The van der Waals surface area contributed by atoms with Gasteiger partial charge in [0.25, 0.3) is 0 Å². The number of aliphatic hydroxyl groups is 1. The van der Waals surface area contributed by atoms with Crippen LogP contribution in [0.15, 0.2) is 30.4 Å². The summed E-state index contributed by atoms with van der Waals surface area (Å²) < 4.78 is 13.3. The van der Waals surface area contributed by atoms with Crippen LogP contribution in [0.2, 0.25) is 0 Å². The van der Waals surface area contributed by atoms with Crippen LogP contribution in [0, 0.1) is 12.7 Å². The molecule has 0 heterocycles. The Bertz CT molecular complexity index is 344. The van der Waals surface area contributed by atoms with Crippen LogP contribution in [-0.4, -0.2) is 5.11 Å². The van der Waals surface area contributed by atoms with Crippen molar-refractivity contribution in [3.63, 3.8) is 0 Å². The molecule has 0 aliphatic carbocycles. The molecule has 0 aromatic heterocycles. The molecule has 0 radical (unpaired) electrons. The van der Waals surface area contributed by atoms with Crippen LogP contribution >= 0.6 is 0 Å². The quantitative estimate of drug-likeness (QED) is 0.733. The predicted molar refractivity (Wildman–Crippen MR) is 55.5 cm³/mol. The highest BCUT2D eigenvalue weighted by Gasteiger charge is 2.12. The van der Waals surface area contributed by atoms with Gasteiger partial charge in [-0.3, -0.25) is 0 Å². The molecule has 0 aliphatic heterocycles. The van der Waals surface area contributed by atoms with Crippen molar-refractivity contribution in [2.75, 3.05) is 0 Å². The van der Waals surface area contributed by atoms with Crippen molar-refractivity contribution in [1.29, 1.82) is 0 Å². The Kier molecular flexibility index (Phi) is 3.42. The Balaban J connectivity index is 2.93. The fourth-order valence-corrected chi connectivity index (χ4v) is 1.36. The van der Waals surface area contributed by atoms with Crippen LogP contribution in [0.25, 0.3) is 0 Å². The standard InChI is InChI=1S/C12H15FO/c1-8(2)6-12(14)10-7-9(3)4-5-11(10)13/h4-5,7,12,14H,1,6H2,2-3H3. The van der Waals surface area contributed by atoms with Gasteiger partial charge in [-0.1, -0.05) is 23.3 Å². The van der Waals surface area contributed by atoms with E-state index >= 15 is 0 Å². The largest absolute Gasteiger partial charge is 0.388 e. The van der Waals surface area contributed by atoms with E-state index in [1.165, 1.54) is 6.07 Å². The topological polar surface area (TPSA) is 20.2 Å². The predicted octanol–water partition coefficient (Wildman–Crippen LogP) is 3.13. The molecule has 1 rings (SSSR count). The molecule has 0 bridgehead atoms. The van der Waals surface area contributed by atoms with Gasteiger partial charge in [0.05, 0.1) is 6.10 Å². The fraction of sp³-hybridized carbons (Fsp3) is 0.333. The lowest BCUT2D eigenvalue weighted by Crippen LogP contribution is -2.01. The van der Waals surface area contributed by atoms with Crippen molar-refractivity contribution in [2.45, 2.75) is 26.4 Å². The lowest BCUT2D eigenvalue weighted by molar-refractivity contribution is 0.173. The minimum Gasteiger partial charge on any atom is -0.388 e. The molecule has 1 N–H and O–H groups in total. The highest BCUT2D eigenvalue weighted by molar-refractivity contribution is 5.26. The van der Waals surface area contributed by atoms with Gasteiger partial charge < -0.3 is 5.11 Å². The van der Waals surface area contributed by atoms with Gasteiger partial charge in [-0.25, -0.2) is 4.39 Å². The monoisotopic (exact) mass is 194 g/mol. The zero-order chi connectivity index (χ0) is 10.7. The van der Waals surface area contributed by atoms with E-state index in [0.29, 0.717) is 12.0 Å². The molecular formula is C12H15FO. The molecule has 0 saturated heterocycles.